The highest BCUT2D eigenvalue weighted by molar-refractivity contribution is 7.16. The molecule has 1 heterocycles. The average molecular weight is 269 g/mol. The summed E-state index contributed by atoms with van der Waals surface area (Å²) in [5, 5.41) is 0. The van der Waals surface area contributed by atoms with Crippen LogP contribution in [0.1, 0.15) is 10.9 Å². The maximum atomic E-state index is 5.89. The van der Waals surface area contributed by atoms with E-state index >= 15 is 0 Å². The van der Waals surface area contributed by atoms with Crippen molar-refractivity contribution >= 4 is 22.9 Å². The SMILES string of the molecule is NNC(COc1ccccc1)c1ccc(Cl)s1. The number of halogens is 1. The third kappa shape index (κ3) is 3.44. The van der Waals surface area contributed by atoms with Crippen molar-refractivity contribution in [2.45, 2.75) is 6.04 Å². The lowest BCUT2D eigenvalue weighted by Crippen LogP contribution is -2.31. The predicted octanol–water partition coefficient (Wildman–Crippen LogP) is 2.98. The number of hydrogen-bond acceptors (Lipinski definition) is 4. The summed E-state index contributed by atoms with van der Waals surface area (Å²) >= 11 is 7.39. The molecule has 0 aliphatic rings. The maximum absolute atomic E-state index is 5.89. The van der Waals surface area contributed by atoms with E-state index in [2.05, 4.69) is 5.43 Å². The van der Waals surface area contributed by atoms with Gasteiger partial charge in [-0.25, -0.2) is 5.43 Å². The molecule has 1 aromatic heterocycles. The summed E-state index contributed by atoms with van der Waals surface area (Å²) in [6, 6.07) is 13.4. The molecule has 1 unspecified atom stereocenters. The second-order valence-electron chi connectivity index (χ2n) is 3.49. The Bertz CT molecular complexity index is 461. The standard InChI is InChI=1S/C12H13ClN2OS/c13-12-7-6-11(17-12)10(15-14)8-16-9-4-2-1-3-5-9/h1-7,10,15H,8,14H2. The monoisotopic (exact) mass is 268 g/mol. The largest absolute Gasteiger partial charge is 0.492 e. The molecule has 0 fully saturated rings. The maximum Gasteiger partial charge on any atom is 0.119 e. The van der Waals surface area contributed by atoms with Gasteiger partial charge in [-0.3, -0.25) is 5.84 Å². The first kappa shape index (κ1) is 12.4. The third-order valence-corrected chi connectivity index (χ3v) is 3.64. The summed E-state index contributed by atoms with van der Waals surface area (Å²) < 4.78 is 6.39. The van der Waals surface area contributed by atoms with Crippen molar-refractivity contribution in [3.8, 4) is 5.75 Å². The van der Waals surface area contributed by atoms with Gasteiger partial charge in [0, 0.05) is 4.88 Å². The Morgan fingerprint density at radius 2 is 2.00 bits per heavy atom. The molecule has 2 aromatic rings. The zero-order valence-corrected chi connectivity index (χ0v) is 10.7. The van der Waals surface area contributed by atoms with Crippen LogP contribution < -0.4 is 16.0 Å². The molecule has 0 aliphatic heterocycles. The molecule has 0 amide bonds. The number of ether oxygens (including phenoxy) is 1. The number of hydrogen-bond donors (Lipinski definition) is 2. The lowest BCUT2D eigenvalue weighted by atomic mass is 10.2. The minimum Gasteiger partial charge on any atom is -0.492 e. The van der Waals surface area contributed by atoms with Crippen molar-refractivity contribution in [1.29, 1.82) is 0 Å². The van der Waals surface area contributed by atoms with Gasteiger partial charge >= 0.3 is 0 Å². The minimum atomic E-state index is -0.0484. The van der Waals surface area contributed by atoms with Crippen molar-refractivity contribution < 1.29 is 4.74 Å². The Morgan fingerprint density at radius 3 is 2.59 bits per heavy atom. The van der Waals surface area contributed by atoms with Crippen LogP contribution in [-0.2, 0) is 0 Å². The number of nitrogens with two attached hydrogens (primary N) is 1. The van der Waals surface area contributed by atoms with Gasteiger partial charge in [0.25, 0.3) is 0 Å². The Kier molecular flexibility index (Phi) is 4.39. The fourth-order valence-corrected chi connectivity index (χ4v) is 2.53. The van der Waals surface area contributed by atoms with Gasteiger partial charge in [0.1, 0.15) is 12.4 Å². The molecule has 2 rings (SSSR count). The zero-order valence-electron chi connectivity index (χ0n) is 9.10. The predicted molar refractivity (Wildman–Crippen MR) is 71.3 cm³/mol. The summed E-state index contributed by atoms with van der Waals surface area (Å²) in [7, 11) is 0. The van der Waals surface area contributed by atoms with Gasteiger partial charge in [-0.2, -0.15) is 0 Å². The number of rotatable bonds is 5. The van der Waals surface area contributed by atoms with Crippen molar-refractivity contribution in [3.63, 3.8) is 0 Å². The fraction of sp³-hybridized carbons (Fsp3) is 0.167. The fourth-order valence-electron chi connectivity index (χ4n) is 1.42. The van der Waals surface area contributed by atoms with Crippen molar-refractivity contribution in [2.75, 3.05) is 6.61 Å². The van der Waals surface area contributed by atoms with Crippen molar-refractivity contribution in [1.82, 2.24) is 5.43 Å². The van der Waals surface area contributed by atoms with Gasteiger partial charge in [0.15, 0.2) is 0 Å². The highest BCUT2D eigenvalue weighted by Gasteiger charge is 2.12. The number of benzene rings is 1. The van der Waals surface area contributed by atoms with E-state index in [4.69, 9.17) is 22.2 Å². The van der Waals surface area contributed by atoms with Crippen LogP contribution in [0.25, 0.3) is 0 Å². The summed E-state index contributed by atoms with van der Waals surface area (Å²) in [6.07, 6.45) is 0. The summed E-state index contributed by atoms with van der Waals surface area (Å²) in [5.41, 5.74) is 2.73. The molecule has 0 radical (unpaired) electrons. The van der Waals surface area contributed by atoms with Gasteiger partial charge in [-0.05, 0) is 24.3 Å². The molecule has 0 aliphatic carbocycles. The molecule has 0 bridgehead atoms. The number of hydrazine groups is 1. The molecule has 3 N–H and O–H groups in total. The average Bonchev–Trinajstić information content (AvgIpc) is 2.78. The van der Waals surface area contributed by atoms with Gasteiger partial charge in [0.2, 0.25) is 0 Å². The third-order valence-electron chi connectivity index (χ3n) is 2.30. The molecule has 17 heavy (non-hydrogen) atoms. The van der Waals surface area contributed by atoms with Gasteiger partial charge < -0.3 is 4.74 Å². The van der Waals surface area contributed by atoms with Gasteiger partial charge in [-0.15, -0.1) is 11.3 Å². The molecule has 3 nitrogen and oxygen atoms in total. The molecular formula is C12H13ClN2OS. The van der Waals surface area contributed by atoms with Crippen LogP contribution in [0.4, 0.5) is 0 Å². The molecular weight excluding hydrogens is 256 g/mol. The number of para-hydroxylation sites is 1. The quantitative estimate of drug-likeness (QED) is 0.647. The van der Waals surface area contributed by atoms with Crippen LogP contribution >= 0.6 is 22.9 Å². The molecule has 1 aromatic carbocycles. The summed E-state index contributed by atoms with van der Waals surface area (Å²) in [5.74, 6) is 6.34. The van der Waals surface area contributed by atoms with Crippen LogP contribution in [0.3, 0.4) is 0 Å². The van der Waals surface area contributed by atoms with Crippen LogP contribution in [0.2, 0.25) is 4.34 Å². The van der Waals surface area contributed by atoms with Crippen LogP contribution in [0.5, 0.6) is 5.75 Å². The zero-order chi connectivity index (χ0) is 12.1. The van der Waals surface area contributed by atoms with Crippen molar-refractivity contribution in [3.05, 3.63) is 51.7 Å². The molecule has 0 saturated carbocycles. The Balaban J connectivity index is 1.97. The summed E-state index contributed by atoms with van der Waals surface area (Å²) in [6.45, 7) is 0.470. The lowest BCUT2D eigenvalue weighted by Gasteiger charge is -2.15. The molecule has 0 saturated heterocycles. The van der Waals surface area contributed by atoms with E-state index in [1.54, 1.807) is 0 Å². The van der Waals surface area contributed by atoms with E-state index in [1.165, 1.54) is 11.3 Å². The topological polar surface area (TPSA) is 47.3 Å². The Labute approximate surface area is 109 Å². The van der Waals surface area contributed by atoms with Crippen LogP contribution in [-0.4, -0.2) is 6.61 Å². The van der Waals surface area contributed by atoms with Crippen LogP contribution in [0.15, 0.2) is 42.5 Å². The second-order valence-corrected chi connectivity index (χ2v) is 5.23. The number of thiophene rings is 1. The van der Waals surface area contributed by atoms with Gasteiger partial charge in [0.05, 0.1) is 10.4 Å². The van der Waals surface area contributed by atoms with E-state index in [1.807, 2.05) is 42.5 Å². The molecule has 1 atom stereocenters. The Morgan fingerprint density at radius 1 is 1.24 bits per heavy atom. The molecule has 0 spiro atoms. The first-order valence-electron chi connectivity index (χ1n) is 5.19. The Hall–Kier alpha value is -1.07. The minimum absolute atomic E-state index is 0.0484. The number of nitrogens with one attached hydrogen (secondary N) is 1. The first-order valence-corrected chi connectivity index (χ1v) is 6.38. The van der Waals surface area contributed by atoms with E-state index in [0.29, 0.717) is 6.61 Å². The van der Waals surface area contributed by atoms with E-state index < -0.39 is 0 Å². The molecule has 5 heteroatoms. The first-order chi connectivity index (χ1) is 8.29. The second kappa shape index (κ2) is 6.02. The van der Waals surface area contributed by atoms with Crippen LogP contribution in [0, 0.1) is 0 Å². The summed E-state index contributed by atoms with van der Waals surface area (Å²) in [4.78, 5) is 1.06. The van der Waals surface area contributed by atoms with Gasteiger partial charge in [-0.1, -0.05) is 29.8 Å². The van der Waals surface area contributed by atoms with E-state index in [9.17, 15) is 0 Å². The smallest absolute Gasteiger partial charge is 0.119 e. The van der Waals surface area contributed by atoms with E-state index in [-0.39, 0.29) is 6.04 Å². The highest BCUT2D eigenvalue weighted by Crippen LogP contribution is 2.27. The van der Waals surface area contributed by atoms with Crippen molar-refractivity contribution in [2.24, 2.45) is 5.84 Å². The molecule has 90 valence electrons. The lowest BCUT2D eigenvalue weighted by molar-refractivity contribution is 0.269. The highest BCUT2D eigenvalue weighted by atomic mass is 35.5. The normalized spacial score (nSPS) is 12.4. The van der Waals surface area contributed by atoms with E-state index in [0.717, 1.165) is 15.0 Å².